The maximum Gasteiger partial charge on any atom is 0.151 e. The fraction of sp³-hybridized carbons (Fsp3) is 0.238. The number of nitrogens with zero attached hydrogens (tertiary/aromatic N) is 3. The van der Waals surface area contributed by atoms with Crippen molar-refractivity contribution in [3.8, 4) is 11.3 Å². The van der Waals surface area contributed by atoms with Crippen molar-refractivity contribution in [3.63, 3.8) is 0 Å². The number of rotatable bonds is 6. The van der Waals surface area contributed by atoms with Crippen LogP contribution in [-0.2, 0) is 13.5 Å². The summed E-state index contributed by atoms with van der Waals surface area (Å²) >= 11 is 0. The van der Waals surface area contributed by atoms with Crippen LogP contribution < -0.4 is 0 Å². The van der Waals surface area contributed by atoms with E-state index in [1.807, 2.05) is 42.2 Å². The maximum atomic E-state index is 4.67. The molecule has 0 radical (unpaired) electrons. The molecule has 0 saturated heterocycles. The number of hydrogen-bond donors (Lipinski definition) is 0. The summed E-state index contributed by atoms with van der Waals surface area (Å²) in [6.07, 6.45) is 7.46. The van der Waals surface area contributed by atoms with Crippen molar-refractivity contribution >= 4 is 11.9 Å². The summed E-state index contributed by atoms with van der Waals surface area (Å²) in [6.45, 7) is 2.22. The fourth-order valence-corrected chi connectivity index (χ4v) is 2.61. The van der Waals surface area contributed by atoms with Crippen LogP contribution >= 0.6 is 0 Å². The van der Waals surface area contributed by atoms with Gasteiger partial charge in [-0.25, -0.2) is 4.98 Å². The van der Waals surface area contributed by atoms with Crippen LogP contribution in [0, 0.1) is 0 Å². The predicted molar refractivity (Wildman–Crippen MR) is 101 cm³/mol. The largest absolute Gasteiger partial charge is 0.333 e. The fourth-order valence-electron chi connectivity index (χ4n) is 2.61. The first-order valence-corrected chi connectivity index (χ1v) is 8.48. The standard InChI is InChI=1S/C21H23N3/c1-3-4-8-17-11-13-19(14-12-17)22-15-21-23-20(16-24(21)2)18-9-6-5-7-10-18/h5-7,9-16H,3-4,8H2,1-2H3. The average Bonchev–Trinajstić information content (AvgIpc) is 3.01. The second-order valence-corrected chi connectivity index (χ2v) is 5.99. The van der Waals surface area contributed by atoms with E-state index in [0.29, 0.717) is 0 Å². The molecule has 0 spiro atoms. The van der Waals surface area contributed by atoms with Crippen molar-refractivity contribution in [2.24, 2.45) is 12.0 Å². The van der Waals surface area contributed by atoms with Gasteiger partial charge in [0.1, 0.15) is 0 Å². The van der Waals surface area contributed by atoms with Crippen molar-refractivity contribution in [1.29, 1.82) is 0 Å². The molecular weight excluding hydrogens is 294 g/mol. The van der Waals surface area contributed by atoms with Crippen molar-refractivity contribution < 1.29 is 0 Å². The smallest absolute Gasteiger partial charge is 0.151 e. The molecule has 0 saturated carbocycles. The quantitative estimate of drug-likeness (QED) is 0.576. The summed E-state index contributed by atoms with van der Waals surface area (Å²) in [5.41, 5.74) is 4.42. The van der Waals surface area contributed by atoms with Crippen LogP contribution in [0.5, 0.6) is 0 Å². The second kappa shape index (κ2) is 7.73. The molecule has 3 nitrogen and oxygen atoms in total. The van der Waals surface area contributed by atoms with Crippen LogP contribution in [0.25, 0.3) is 11.3 Å². The lowest BCUT2D eigenvalue weighted by Crippen LogP contribution is -1.94. The average molecular weight is 317 g/mol. The second-order valence-electron chi connectivity index (χ2n) is 5.99. The topological polar surface area (TPSA) is 30.2 Å². The number of benzene rings is 2. The van der Waals surface area contributed by atoms with E-state index in [4.69, 9.17) is 0 Å². The third-order valence-corrected chi connectivity index (χ3v) is 4.07. The molecule has 0 aliphatic rings. The molecule has 3 heteroatoms. The zero-order valence-corrected chi connectivity index (χ0v) is 14.3. The first kappa shape index (κ1) is 16.2. The van der Waals surface area contributed by atoms with Gasteiger partial charge in [0.2, 0.25) is 0 Å². The van der Waals surface area contributed by atoms with Gasteiger partial charge in [-0.1, -0.05) is 55.8 Å². The lowest BCUT2D eigenvalue weighted by molar-refractivity contribution is 0.795. The highest BCUT2D eigenvalue weighted by Crippen LogP contribution is 2.18. The van der Waals surface area contributed by atoms with E-state index in [2.05, 4.69) is 53.3 Å². The summed E-state index contributed by atoms with van der Waals surface area (Å²) < 4.78 is 2.00. The van der Waals surface area contributed by atoms with Gasteiger partial charge in [0.15, 0.2) is 5.82 Å². The summed E-state index contributed by atoms with van der Waals surface area (Å²) in [6, 6.07) is 18.7. The highest BCUT2D eigenvalue weighted by molar-refractivity contribution is 5.79. The first-order valence-electron chi connectivity index (χ1n) is 8.48. The van der Waals surface area contributed by atoms with Crippen LogP contribution in [0.2, 0.25) is 0 Å². The minimum Gasteiger partial charge on any atom is -0.333 e. The highest BCUT2D eigenvalue weighted by Gasteiger charge is 2.05. The Hall–Kier alpha value is -2.68. The van der Waals surface area contributed by atoms with Gasteiger partial charge in [0.25, 0.3) is 0 Å². The van der Waals surface area contributed by atoms with Gasteiger partial charge >= 0.3 is 0 Å². The van der Waals surface area contributed by atoms with Crippen molar-refractivity contribution in [2.75, 3.05) is 0 Å². The molecule has 3 rings (SSSR count). The van der Waals surface area contributed by atoms with Crippen molar-refractivity contribution in [1.82, 2.24) is 9.55 Å². The van der Waals surface area contributed by atoms with Gasteiger partial charge in [0, 0.05) is 18.8 Å². The van der Waals surface area contributed by atoms with E-state index in [-0.39, 0.29) is 0 Å². The molecule has 1 aromatic heterocycles. The van der Waals surface area contributed by atoms with Gasteiger partial charge in [-0.3, -0.25) is 4.99 Å². The molecule has 0 bridgehead atoms. The van der Waals surface area contributed by atoms with E-state index in [9.17, 15) is 0 Å². The molecular formula is C21H23N3. The molecule has 0 aliphatic carbocycles. The Morgan fingerprint density at radius 3 is 2.50 bits per heavy atom. The van der Waals surface area contributed by atoms with E-state index in [1.165, 1.54) is 18.4 Å². The number of imidazole rings is 1. The molecule has 24 heavy (non-hydrogen) atoms. The minimum absolute atomic E-state index is 0.851. The summed E-state index contributed by atoms with van der Waals surface area (Å²) in [5.74, 6) is 0.851. The molecule has 0 unspecified atom stereocenters. The summed E-state index contributed by atoms with van der Waals surface area (Å²) in [5, 5.41) is 0. The number of unbranched alkanes of at least 4 members (excludes halogenated alkanes) is 1. The van der Waals surface area contributed by atoms with Crippen LogP contribution in [-0.4, -0.2) is 15.8 Å². The van der Waals surface area contributed by atoms with Gasteiger partial charge < -0.3 is 4.57 Å². The predicted octanol–water partition coefficient (Wildman–Crippen LogP) is 5.18. The van der Waals surface area contributed by atoms with Crippen LogP contribution in [0.1, 0.15) is 31.2 Å². The zero-order chi connectivity index (χ0) is 16.8. The molecule has 0 N–H and O–H groups in total. The lowest BCUT2D eigenvalue weighted by atomic mass is 10.1. The van der Waals surface area contributed by atoms with Gasteiger partial charge in [-0.05, 0) is 30.5 Å². The first-order chi connectivity index (χ1) is 11.8. The molecule has 1 heterocycles. The Morgan fingerprint density at radius 2 is 1.79 bits per heavy atom. The molecule has 0 aliphatic heterocycles. The number of aliphatic imine (C=N–C) groups is 1. The van der Waals surface area contributed by atoms with E-state index >= 15 is 0 Å². The van der Waals surface area contributed by atoms with Crippen LogP contribution in [0.3, 0.4) is 0 Å². The Kier molecular flexibility index (Phi) is 5.22. The normalized spacial score (nSPS) is 11.2. The van der Waals surface area contributed by atoms with E-state index < -0.39 is 0 Å². The van der Waals surface area contributed by atoms with Crippen molar-refractivity contribution in [3.05, 3.63) is 72.2 Å². The molecule has 0 atom stereocenters. The van der Waals surface area contributed by atoms with Crippen molar-refractivity contribution in [2.45, 2.75) is 26.2 Å². The molecule has 0 amide bonds. The van der Waals surface area contributed by atoms with Gasteiger partial charge in [-0.2, -0.15) is 0 Å². The third-order valence-electron chi connectivity index (χ3n) is 4.07. The maximum absolute atomic E-state index is 4.67. The molecule has 2 aromatic carbocycles. The zero-order valence-electron chi connectivity index (χ0n) is 14.3. The Morgan fingerprint density at radius 1 is 1.04 bits per heavy atom. The molecule has 3 aromatic rings. The molecule has 122 valence electrons. The Balaban J connectivity index is 1.74. The monoisotopic (exact) mass is 317 g/mol. The van der Waals surface area contributed by atoms with Gasteiger partial charge in [0.05, 0.1) is 17.6 Å². The number of hydrogen-bond acceptors (Lipinski definition) is 2. The Labute approximate surface area is 143 Å². The highest BCUT2D eigenvalue weighted by atomic mass is 15.1. The molecule has 0 fully saturated rings. The third kappa shape index (κ3) is 3.99. The SMILES string of the molecule is CCCCc1ccc(N=Cc2nc(-c3ccccc3)cn2C)cc1. The Bertz CT molecular complexity index is 799. The van der Waals surface area contributed by atoms with Gasteiger partial charge in [-0.15, -0.1) is 0 Å². The van der Waals surface area contributed by atoms with E-state index in [1.54, 1.807) is 0 Å². The minimum atomic E-state index is 0.851. The number of aryl methyl sites for hydroxylation is 2. The van der Waals surface area contributed by atoms with E-state index in [0.717, 1.165) is 29.2 Å². The number of aromatic nitrogens is 2. The lowest BCUT2D eigenvalue weighted by Gasteiger charge is -2.00. The summed E-state index contributed by atoms with van der Waals surface area (Å²) in [7, 11) is 1.99. The van der Waals surface area contributed by atoms with Crippen LogP contribution in [0.4, 0.5) is 5.69 Å². The van der Waals surface area contributed by atoms with Crippen LogP contribution in [0.15, 0.2) is 65.8 Å². The summed E-state index contributed by atoms with van der Waals surface area (Å²) in [4.78, 5) is 9.22.